The lowest BCUT2D eigenvalue weighted by atomic mass is 10.3. The molecule has 16 heavy (non-hydrogen) atoms. The summed E-state index contributed by atoms with van der Waals surface area (Å²) in [6, 6.07) is 1.70. The van der Waals surface area contributed by atoms with Crippen molar-refractivity contribution in [2.45, 2.75) is 44.0 Å². The third-order valence-corrected chi connectivity index (χ3v) is 4.35. The van der Waals surface area contributed by atoms with Crippen LogP contribution in [0.15, 0.2) is 0 Å². The van der Waals surface area contributed by atoms with E-state index in [0.717, 1.165) is 12.8 Å². The second kappa shape index (κ2) is 6.18. The molecule has 0 spiro atoms. The highest BCUT2D eigenvalue weighted by molar-refractivity contribution is 7.90. The molecule has 92 valence electrons. The van der Waals surface area contributed by atoms with E-state index in [-0.39, 0.29) is 12.6 Å². The maximum Gasteiger partial charge on any atom is 0.227 e. The number of ether oxygens (including phenoxy) is 1. The fraction of sp³-hybridized carbons (Fsp3) is 0.900. The summed E-state index contributed by atoms with van der Waals surface area (Å²) in [5.41, 5.74) is 0. The smallest absolute Gasteiger partial charge is 0.227 e. The van der Waals surface area contributed by atoms with E-state index in [1.54, 1.807) is 6.07 Å². The molecule has 0 aromatic carbocycles. The van der Waals surface area contributed by atoms with Crippen LogP contribution in [0.2, 0.25) is 0 Å². The lowest BCUT2D eigenvalue weighted by molar-refractivity contribution is 0.0626. The molecule has 1 aliphatic rings. The quantitative estimate of drug-likeness (QED) is 0.702. The van der Waals surface area contributed by atoms with Gasteiger partial charge in [0.15, 0.2) is 5.25 Å². The lowest BCUT2D eigenvalue weighted by Gasteiger charge is -2.12. The molecule has 0 aromatic heterocycles. The fourth-order valence-electron chi connectivity index (χ4n) is 1.66. The molecule has 0 aromatic rings. The van der Waals surface area contributed by atoms with E-state index in [0.29, 0.717) is 6.61 Å². The third kappa shape index (κ3) is 4.08. The molecule has 6 heteroatoms. The van der Waals surface area contributed by atoms with Gasteiger partial charge in [0.2, 0.25) is 10.0 Å². The maximum absolute atomic E-state index is 11.4. The van der Waals surface area contributed by atoms with Gasteiger partial charge >= 0.3 is 0 Å². The van der Waals surface area contributed by atoms with E-state index in [9.17, 15) is 8.42 Å². The Morgan fingerprint density at radius 1 is 1.50 bits per heavy atom. The molecule has 1 unspecified atom stereocenters. The number of hydrogen-bond acceptors (Lipinski definition) is 4. The Labute approximate surface area is 96.8 Å². The molecule has 1 saturated carbocycles. The maximum atomic E-state index is 11.4. The van der Waals surface area contributed by atoms with Crippen molar-refractivity contribution in [3.05, 3.63) is 0 Å². The third-order valence-electron chi connectivity index (χ3n) is 2.71. The van der Waals surface area contributed by atoms with Crippen molar-refractivity contribution < 1.29 is 13.2 Å². The zero-order chi connectivity index (χ0) is 12.0. The molecule has 1 rings (SSSR count). The van der Waals surface area contributed by atoms with Gasteiger partial charge in [-0.15, -0.1) is 0 Å². The molecule has 0 amide bonds. The van der Waals surface area contributed by atoms with E-state index in [4.69, 9.17) is 10.00 Å². The summed E-state index contributed by atoms with van der Waals surface area (Å²) in [7, 11) is -3.50. The number of nitriles is 1. The van der Waals surface area contributed by atoms with Gasteiger partial charge in [-0.2, -0.15) is 5.26 Å². The van der Waals surface area contributed by atoms with Crippen LogP contribution in [0.5, 0.6) is 0 Å². The molecule has 0 saturated heterocycles. The molecule has 5 nitrogen and oxygen atoms in total. The van der Waals surface area contributed by atoms with Crippen molar-refractivity contribution >= 4 is 10.0 Å². The molecule has 0 radical (unpaired) electrons. The van der Waals surface area contributed by atoms with Crippen molar-refractivity contribution in [3.8, 4) is 6.07 Å². The second-order valence-electron chi connectivity index (χ2n) is 3.99. The topological polar surface area (TPSA) is 79.2 Å². The van der Waals surface area contributed by atoms with Crippen molar-refractivity contribution in [1.29, 1.82) is 5.26 Å². The lowest BCUT2D eigenvalue weighted by Crippen LogP contribution is -2.34. The van der Waals surface area contributed by atoms with Crippen LogP contribution in [-0.2, 0) is 14.8 Å². The Hall–Kier alpha value is -0.640. The van der Waals surface area contributed by atoms with Crippen LogP contribution in [0.4, 0.5) is 0 Å². The summed E-state index contributed by atoms with van der Waals surface area (Å²) in [6.07, 6.45) is 4.82. The molecule has 0 bridgehead atoms. The average molecular weight is 246 g/mol. The predicted octanol–water partition coefficient (Wildman–Crippen LogP) is 0.777. The number of rotatable bonds is 6. The highest BCUT2D eigenvalue weighted by atomic mass is 32.2. The van der Waals surface area contributed by atoms with Crippen LogP contribution >= 0.6 is 0 Å². The number of hydrogen-bond donors (Lipinski definition) is 1. The average Bonchev–Trinajstić information content (AvgIpc) is 2.76. The normalized spacial score (nSPS) is 19.5. The zero-order valence-corrected chi connectivity index (χ0v) is 10.3. The van der Waals surface area contributed by atoms with Gasteiger partial charge in [0, 0.05) is 6.54 Å². The highest BCUT2D eigenvalue weighted by Crippen LogP contribution is 2.20. The van der Waals surface area contributed by atoms with Gasteiger partial charge in [-0.25, -0.2) is 13.1 Å². The first-order valence-corrected chi connectivity index (χ1v) is 7.10. The van der Waals surface area contributed by atoms with Crippen LogP contribution in [0, 0.1) is 11.3 Å². The van der Waals surface area contributed by atoms with Gasteiger partial charge in [0.25, 0.3) is 0 Å². The van der Waals surface area contributed by atoms with E-state index in [1.807, 2.05) is 0 Å². The molecule has 0 aliphatic heterocycles. The van der Waals surface area contributed by atoms with E-state index < -0.39 is 15.3 Å². The van der Waals surface area contributed by atoms with Gasteiger partial charge < -0.3 is 4.74 Å². The summed E-state index contributed by atoms with van der Waals surface area (Å²) < 4.78 is 30.6. The predicted molar refractivity (Wildman–Crippen MR) is 60.2 cm³/mol. The zero-order valence-electron chi connectivity index (χ0n) is 9.48. The molecular weight excluding hydrogens is 228 g/mol. The summed E-state index contributed by atoms with van der Waals surface area (Å²) in [5.74, 6) is 0. The SMILES string of the molecule is CC(C#N)S(=O)(=O)NCCOC1CCCC1. The van der Waals surface area contributed by atoms with Crippen molar-refractivity contribution in [3.63, 3.8) is 0 Å². The van der Waals surface area contributed by atoms with Crippen LogP contribution < -0.4 is 4.72 Å². The van der Waals surface area contributed by atoms with Crippen molar-refractivity contribution in [2.75, 3.05) is 13.2 Å². The van der Waals surface area contributed by atoms with Gasteiger partial charge in [0.1, 0.15) is 0 Å². The Morgan fingerprint density at radius 3 is 2.69 bits per heavy atom. The number of nitrogens with one attached hydrogen (secondary N) is 1. The molecule has 1 aliphatic carbocycles. The first-order valence-electron chi connectivity index (χ1n) is 5.56. The summed E-state index contributed by atoms with van der Waals surface area (Å²) in [5, 5.41) is 7.48. The van der Waals surface area contributed by atoms with Crippen LogP contribution in [0.3, 0.4) is 0 Å². The van der Waals surface area contributed by atoms with Crippen LogP contribution in [-0.4, -0.2) is 32.9 Å². The van der Waals surface area contributed by atoms with Crippen molar-refractivity contribution in [1.82, 2.24) is 4.72 Å². The molecule has 0 heterocycles. The van der Waals surface area contributed by atoms with E-state index >= 15 is 0 Å². The first kappa shape index (κ1) is 13.4. The minimum absolute atomic E-state index is 0.241. The summed E-state index contributed by atoms with van der Waals surface area (Å²) in [4.78, 5) is 0. The minimum atomic E-state index is -3.50. The minimum Gasteiger partial charge on any atom is -0.377 e. The summed E-state index contributed by atoms with van der Waals surface area (Å²) in [6.45, 7) is 1.98. The Bertz CT molecular complexity index is 342. The monoisotopic (exact) mass is 246 g/mol. The number of sulfonamides is 1. The molecule has 1 N–H and O–H groups in total. The first-order chi connectivity index (χ1) is 7.56. The van der Waals surface area contributed by atoms with E-state index in [1.165, 1.54) is 19.8 Å². The largest absolute Gasteiger partial charge is 0.377 e. The Kier molecular flexibility index (Phi) is 5.19. The Morgan fingerprint density at radius 2 is 2.12 bits per heavy atom. The molecular formula is C10H18N2O3S. The van der Waals surface area contributed by atoms with Gasteiger partial charge in [0.05, 0.1) is 18.8 Å². The van der Waals surface area contributed by atoms with Crippen molar-refractivity contribution in [2.24, 2.45) is 0 Å². The van der Waals surface area contributed by atoms with Gasteiger partial charge in [-0.3, -0.25) is 0 Å². The molecule has 1 atom stereocenters. The standard InChI is InChI=1S/C10H18N2O3S/c1-9(8-11)16(13,14)12-6-7-15-10-4-2-3-5-10/h9-10,12H,2-7H2,1H3. The van der Waals surface area contributed by atoms with Crippen LogP contribution in [0.25, 0.3) is 0 Å². The highest BCUT2D eigenvalue weighted by Gasteiger charge is 2.20. The van der Waals surface area contributed by atoms with E-state index in [2.05, 4.69) is 4.72 Å². The van der Waals surface area contributed by atoms with Gasteiger partial charge in [-0.05, 0) is 19.8 Å². The fourth-order valence-corrected chi connectivity index (χ4v) is 2.42. The number of nitrogens with zero attached hydrogens (tertiary/aromatic N) is 1. The second-order valence-corrected chi connectivity index (χ2v) is 6.07. The van der Waals surface area contributed by atoms with Crippen LogP contribution in [0.1, 0.15) is 32.6 Å². The molecule has 1 fully saturated rings. The Balaban J connectivity index is 2.17. The summed E-state index contributed by atoms with van der Waals surface area (Å²) >= 11 is 0. The van der Waals surface area contributed by atoms with Gasteiger partial charge in [-0.1, -0.05) is 12.8 Å².